The number of halogens is 1. The zero-order chi connectivity index (χ0) is 14.2. The van der Waals surface area contributed by atoms with E-state index in [0.29, 0.717) is 11.0 Å². The SMILES string of the molecule is Brc1c(CSc2nc3ccccc3o2)nc2ccccn12. The summed E-state index contributed by atoms with van der Waals surface area (Å²) in [6.07, 6.45) is 1.99. The number of oxazole rings is 1. The van der Waals surface area contributed by atoms with Crippen LogP contribution in [0.5, 0.6) is 0 Å². The minimum atomic E-state index is 0.667. The van der Waals surface area contributed by atoms with E-state index < -0.39 is 0 Å². The number of para-hydroxylation sites is 2. The fourth-order valence-electron chi connectivity index (χ4n) is 2.15. The number of hydrogen-bond donors (Lipinski definition) is 0. The molecule has 0 aliphatic carbocycles. The normalized spacial score (nSPS) is 11.5. The highest BCUT2D eigenvalue weighted by Crippen LogP contribution is 2.29. The van der Waals surface area contributed by atoms with Crippen LogP contribution in [-0.2, 0) is 5.75 Å². The molecule has 0 spiro atoms. The van der Waals surface area contributed by atoms with Gasteiger partial charge in [-0.05, 0) is 40.2 Å². The molecule has 0 bridgehead atoms. The molecule has 0 aliphatic rings. The van der Waals surface area contributed by atoms with Crippen molar-refractivity contribution in [3.05, 3.63) is 59.0 Å². The summed E-state index contributed by atoms with van der Waals surface area (Å²) in [6.45, 7) is 0. The molecule has 6 heteroatoms. The third kappa shape index (κ3) is 2.34. The van der Waals surface area contributed by atoms with Gasteiger partial charge in [-0.15, -0.1) is 0 Å². The molecule has 0 atom stereocenters. The van der Waals surface area contributed by atoms with Crippen molar-refractivity contribution in [3.63, 3.8) is 0 Å². The standard InChI is InChI=1S/C15H10BrN3OS/c16-14-11(17-13-7-3-4-8-19(13)14)9-21-15-18-10-5-1-2-6-12(10)20-15/h1-8H,9H2. The van der Waals surface area contributed by atoms with E-state index in [1.165, 1.54) is 0 Å². The Balaban J connectivity index is 1.61. The molecule has 104 valence electrons. The molecule has 0 unspecified atom stereocenters. The summed E-state index contributed by atoms with van der Waals surface area (Å²) in [5.74, 6) is 0.703. The van der Waals surface area contributed by atoms with Crippen molar-refractivity contribution in [1.82, 2.24) is 14.4 Å². The van der Waals surface area contributed by atoms with Crippen LogP contribution in [0, 0.1) is 0 Å². The van der Waals surface area contributed by atoms with Crippen molar-refractivity contribution in [2.24, 2.45) is 0 Å². The van der Waals surface area contributed by atoms with Crippen LogP contribution in [0.25, 0.3) is 16.7 Å². The molecule has 0 radical (unpaired) electrons. The maximum atomic E-state index is 5.71. The van der Waals surface area contributed by atoms with E-state index in [4.69, 9.17) is 4.42 Å². The average Bonchev–Trinajstić information content (AvgIpc) is 3.07. The lowest BCUT2D eigenvalue weighted by Crippen LogP contribution is -1.83. The zero-order valence-electron chi connectivity index (χ0n) is 10.9. The summed E-state index contributed by atoms with van der Waals surface area (Å²) < 4.78 is 8.70. The van der Waals surface area contributed by atoms with Gasteiger partial charge in [-0.1, -0.05) is 30.0 Å². The molecule has 0 aliphatic heterocycles. The maximum absolute atomic E-state index is 5.71. The fourth-order valence-corrected chi connectivity index (χ4v) is 3.64. The molecule has 4 rings (SSSR count). The lowest BCUT2D eigenvalue weighted by molar-refractivity contribution is 0.489. The van der Waals surface area contributed by atoms with Crippen LogP contribution in [0.4, 0.5) is 0 Å². The zero-order valence-corrected chi connectivity index (χ0v) is 13.3. The second-order valence-electron chi connectivity index (χ2n) is 4.51. The lowest BCUT2D eigenvalue weighted by Gasteiger charge is -1.95. The van der Waals surface area contributed by atoms with Gasteiger partial charge >= 0.3 is 0 Å². The van der Waals surface area contributed by atoms with Crippen LogP contribution < -0.4 is 0 Å². The van der Waals surface area contributed by atoms with Crippen LogP contribution in [0.3, 0.4) is 0 Å². The highest BCUT2D eigenvalue weighted by atomic mass is 79.9. The Hall–Kier alpha value is -1.79. The molecule has 1 aromatic carbocycles. The Bertz CT molecular complexity index is 898. The number of imidazole rings is 1. The third-order valence-corrected chi connectivity index (χ3v) is 4.82. The Morgan fingerprint density at radius 2 is 1.95 bits per heavy atom. The summed E-state index contributed by atoms with van der Waals surface area (Å²) >= 11 is 5.14. The van der Waals surface area contributed by atoms with Crippen molar-refractivity contribution >= 4 is 44.4 Å². The highest BCUT2D eigenvalue weighted by molar-refractivity contribution is 9.10. The van der Waals surface area contributed by atoms with Crippen LogP contribution in [0.2, 0.25) is 0 Å². The summed E-state index contributed by atoms with van der Waals surface area (Å²) in [4.78, 5) is 9.06. The molecule has 0 saturated heterocycles. The van der Waals surface area contributed by atoms with Crippen molar-refractivity contribution in [2.75, 3.05) is 0 Å². The number of nitrogens with zero attached hydrogens (tertiary/aromatic N) is 3. The average molecular weight is 360 g/mol. The Morgan fingerprint density at radius 1 is 1.10 bits per heavy atom. The van der Waals surface area contributed by atoms with Crippen LogP contribution in [-0.4, -0.2) is 14.4 Å². The predicted octanol–water partition coefficient (Wildman–Crippen LogP) is 4.53. The van der Waals surface area contributed by atoms with Crippen LogP contribution in [0.1, 0.15) is 5.69 Å². The molecule has 4 aromatic rings. The van der Waals surface area contributed by atoms with Crippen molar-refractivity contribution in [3.8, 4) is 0 Å². The fraction of sp³-hybridized carbons (Fsp3) is 0.0667. The van der Waals surface area contributed by atoms with E-state index in [1.54, 1.807) is 11.8 Å². The first kappa shape index (κ1) is 12.9. The first-order valence-electron chi connectivity index (χ1n) is 6.41. The number of benzene rings is 1. The Morgan fingerprint density at radius 3 is 2.81 bits per heavy atom. The number of aromatic nitrogens is 3. The van der Waals surface area contributed by atoms with Gasteiger partial charge in [-0.2, -0.15) is 0 Å². The van der Waals surface area contributed by atoms with Crippen LogP contribution >= 0.6 is 27.7 Å². The number of rotatable bonds is 3. The predicted molar refractivity (Wildman–Crippen MR) is 86.5 cm³/mol. The molecule has 21 heavy (non-hydrogen) atoms. The van der Waals surface area contributed by atoms with E-state index in [0.717, 1.165) is 27.0 Å². The molecule has 0 fully saturated rings. The lowest BCUT2D eigenvalue weighted by atomic mass is 10.3. The van der Waals surface area contributed by atoms with Gasteiger partial charge in [-0.3, -0.25) is 4.40 Å². The Labute approximate surface area is 133 Å². The molecule has 4 nitrogen and oxygen atoms in total. The molecule has 0 N–H and O–H groups in total. The van der Waals surface area contributed by atoms with Crippen molar-refractivity contribution in [2.45, 2.75) is 11.0 Å². The number of thioether (sulfide) groups is 1. The third-order valence-electron chi connectivity index (χ3n) is 3.14. The molecule has 0 saturated carbocycles. The van der Waals surface area contributed by atoms with Gasteiger partial charge in [-0.25, -0.2) is 9.97 Å². The number of pyridine rings is 1. The minimum Gasteiger partial charge on any atom is -0.431 e. The van der Waals surface area contributed by atoms with Gasteiger partial charge in [0.25, 0.3) is 5.22 Å². The molecule has 0 amide bonds. The maximum Gasteiger partial charge on any atom is 0.257 e. The number of hydrogen-bond acceptors (Lipinski definition) is 4. The van der Waals surface area contributed by atoms with Gasteiger partial charge < -0.3 is 4.42 Å². The van der Waals surface area contributed by atoms with Gasteiger partial charge in [0.15, 0.2) is 5.58 Å². The minimum absolute atomic E-state index is 0.667. The van der Waals surface area contributed by atoms with E-state index in [1.807, 2.05) is 53.1 Å². The van der Waals surface area contributed by atoms with Crippen LogP contribution in [0.15, 0.2) is 62.9 Å². The molecule has 3 heterocycles. The van der Waals surface area contributed by atoms with E-state index in [2.05, 4.69) is 25.9 Å². The molecular weight excluding hydrogens is 350 g/mol. The quantitative estimate of drug-likeness (QED) is 0.504. The highest BCUT2D eigenvalue weighted by Gasteiger charge is 2.12. The first-order valence-corrected chi connectivity index (χ1v) is 8.19. The van der Waals surface area contributed by atoms with E-state index in [-0.39, 0.29) is 0 Å². The summed E-state index contributed by atoms with van der Waals surface area (Å²) in [6, 6.07) is 13.7. The first-order chi connectivity index (χ1) is 10.3. The molecular formula is C15H10BrN3OS. The largest absolute Gasteiger partial charge is 0.431 e. The van der Waals surface area contributed by atoms with Gasteiger partial charge in [0.05, 0.1) is 5.69 Å². The summed E-state index contributed by atoms with van der Waals surface area (Å²) in [7, 11) is 0. The van der Waals surface area contributed by atoms with E-state index in [9.17, 15) is 0 Å². The molecule has 3 aromatic heterocycles. The van der Waals surface area contributed by atoms with E-state index >= 15 is 0 Å². The topological polar surface area (TPSA) is 43.3 Å². The second-order valence-corrected chi connectivity index (χ2v) is 6.19. The van der Waals surface area contributed by atoms with Gasteiger partial charge in [0, 0.05) is 11.9 Å². The van der Waals surface area contributed by atoms with Crippen molar-refractivity contribution < 1.29 is 4.42 Å². The second kappa shape index (κ2) is 5.20. The summed E-state index contributed by atoms with van der Waals surface area (Å²) in [5, 5.41) is 0.667. The smallest absolute Gasteiger partial charge is 0.257 e. The Kier molecular flexibility index (Phi) is 3.20. The summed E-state index contributed by atoms with van der Waals surface area (Å²) in [5.41, 5.74) is 3.61. The number of fused-ring (bicyclic) bond motifs is 2. The van der Waals surface area contributed by atoms with Gasteiger partial charge in [0.1, 0.15) is 15.8 Å². The monoisotopic (exact) mass is 359 g/mol. The van der Waals surface area contributed by atoms with Crippen molar-refractivity contribution in [1.29, 1.82) is 0 Å². The van der Waals surface area contributed by atoms with Gasteiger partial charge in [0.2, 0.25) is 0 Å².